The van der Waals surface area contributed by atoms with Gasteiger partial charge in [-0.05, 0) is 54.9 Å². The highest BCUT2D eigenvalue weighted by atomic mass is 79.9. The number of halogens is 1. The fourth-order valence-corrected chi connectivity index (χ4v) is 3.61. The molecule has 5 nitrogen and oxygen atoms in total. The fourth-order valence-electron chi connectivity index (χ4n) is 3.15. The number of anilines is 2. The van der Waals surface area contributed by atoms with E-state index in [4.69, 9.17) is 5.26 Å². The van der Waals surface area contributed by atoms with E-state index in [1.807, 2.05) is 37.5 Å². The van der Waals surface area contributed by atoms with Crippen LogP contribution in [-0.2, 0) is 0 Å². The van der Waals surface area contributed by atoms with E-state index in [-0.39, 0.29) is 0 Å². The van der Waals surface area contributed by atoms with Crippen molar-refractivity contribution in [3.8, 4) is 6.07 Å². The van der Waals surface area contributed by atoms with Gasteiger partial charge < -0.3 is 9.80 Å². The maximum absolute atomic E-state index is 9.08. The van der Waals surface area contributed by atoms with Crippen LogP contribution in [0, 0.1) is 18.3 Å². The third-order valence-electron chi connectivity index (χ3n) is 4.49. The van der Waals surface area contributed by atoms with Crippen LogP contribution in [0.4, 0.5) is 11.4 Å². The number of aromatic nitrogens is 2. The number of hydrogen-bond acceptors (Lipinski definition) is 5. The van der Waals surface area contributed by atoms with Crippen molar-refractivity contribution in [1.82, 2.24) is 9.97 Å². The van der Waals surface area contributed by atoms with E-state index in [1.54, 1.807) is 0 Å². The minimum atomic E-state index is 0.349. The average molecular weight is 386 g/mol. The molecular weight excluding hydrogens is 366 g/mol. The minimum Gasteiger partial charge on any atom is -0.365 e. The minimum absolute atomic E-state index is 0.349. The topological polar surface area (TPSA) is 56.1 Å². The maximum Gasteiger partial charge on any atom is 0.125 e. The van der Waals surface area contributed by atoms with Gasteiger partial charge >= 0.3 is 0 Å². The standard InChI is InChI=1S/C18H20BrN5/c1-12-11-24(17-8-21-14(3)22-9-17)13(2)10-23(12)16-5-4-15(7-20)18(19)6-16/h4-6,8-9,12-13H,10-11H2,1-3H3/t12-,13+/m0/s1. The largest absolute Gasteiger partial charge is 0.365 e. The number of hydrogen-bond donors (Lipinski definition) is 0. The van der Waals surface area contributed by atoms with Crippen LogP contribution in [0.2, 0.25) is 0 Å². The number of nitrogens with zero attached hydrogens (tertiary/aromatic N) is 5. The predicted molar refractivity (Wildman–Crippen MR) is 99.2 cm³/mol. The summed E-state index contributed by atoms with van der Waals surface area (Å²) in [6.07, 6.45) is 3.80. The molecule has 6 heteroatoms. The van der Waals surface area contributed by atoms with Crippen LogP contribution >= 0.6 is 15.9 Å². The summed E-state index contributed by atoms with van der Waals surface area (Å²) in [5.41, 5.74) is 2.87. The SMILES string of the molecule is Cc1ncc(N2C[C@H](C)N(c3ccc(C#N)c(Br)c3)C[C@H]2C)cn1. The molecule has 0 aliphatic carbocycles. The lowest BCUT2D eigenvalue weighted by atomic mass is 10.1. The molecule has 3 rings (SSSR count). The predicted octanol–water partition coefficient (Wildman–Crippen LogP) is 3.52. The molecule has 0 unspecified atom stereocenters. The average Bonchev–Trinajstić information content (AvgIpc) is 2.57. The Balaban J connectivity index is 1.81. The van der Waals surface area contributed by atoms with Crippen molar-refractivity contribution in [3.05, 3.63) is 46.5 Å². The summed E-state index contributed by atoms with van der Waals surface area (Å²) in [7, 11) is 0. The molecule has 124 valence electrons. The van der Waals surface area contributed by atoms with Gasteiger partial charge in [0.25, 0.3) is 0 Å². The first-order valence-electron chi connectivity index (χ1n) is 8.01. The first kappa shape index (κ1) is 16.7. The number of rotatable bonds is 2. The van der Waals surface area contributed by atoms with E-state index < -0.39 is 0 Å². The van der Waals surface area contributed by atoms with Gasteiger partial charge in [-0.25, -0.2) is 9.97 Å². The van der Waals surface area contributed by atoms with E-state index in [2.05, 4.69) is 55.6 Å². The monoisotopic (exact) mass is 385 g/mol. The molecule has 2 heterocycles. The molecule has 2 aromatic rings. The number of benzene rings is 1. The van der Waals surface area contributed by atoms with Crippen molar-refractivity contribution in [2.75, 3.05) is 22.9 Å². The molecule has 0 radical (unpaired) electrons. The van der Waals surface area contributed by atoms with Gasteiger partial charge in [-0.15, -0.1) is 0 Å². The summed E-state index contributed by atoms with van der Waals surface area (Å²) >= 11 is 3.49. The first-order chi connectivity index (χ1) is 11.5. The van der Waals surface area contributed by atoms with E-state index in [0.717, 1.165) is 34.8 Å². The highest BCUT2D eigenvalue weighted by Crippen LogP contribution is 2.29. The molecule has 2 atom stereocenters. The lowest BCUT2D eigenvalue weighted by Gasteiger charge is -2.46. The van der Waals surface area contributed by atoms with Gasteiger partial charge in [-0.1, -0.05) is 0 Å². The molecule has 1 saturated heterocycles. The normalized spacial score (nSPS) is 20.8. The smallest absolute Gasteiger partial charge is 0.125 e. The van der Waals surface area contributed by atoms with Crippen molar-refractivity contribution in [1.29, 1.82) is 5.26 Å². The molecule has 0 spiro atoms. The van der Waals surface area contributed by atoms with Gasteiger partial charge in [-0.2, -0.15) is 5.26 Å². The Bertz CT molecular complexity index is 768. The van der Waals surface area contributed by atoms with E-state index in [0.29, 0.717) is 17.6 Å². The van der Waals surface area contributed by atoms with Gasteiger partial charge in [0.2, 0.25) is 0 Å². The summed E-state index contributed by atoms with van der Waals surface area (Å²) in [5, 5.41) is 9.08. The molecule has 0 bridgehead atoms. The van der Waals surface area contributed by atoms with Gasteiger partial charge in [-0.3, -0.25) is 0 Å². The number of piperazine rings is 1. The molecular formula is C18H20BrN5. The van der Waals surface area contributed by atoms with E-state index in [9.17, 15) is 0 Å². The third-order valence-corrected chi connectivity index (χ3v) is 5.15. The van der Waals surface area contributed by atoms with Gasteiger partial charge in [0.15, 0.2) is 0 Å². The summed E-state index contributed by atoms with van der Waals surface area (Å²) in [4.78, 5) is 13.4. The van der Waals surface area contributed by atoms with Crippen molar-refractivity contribution in [2.45, 2.75) is 32.9 Å². The van der Waals surface area contributed by atoms with Crippen LogP contribution in [0.15, 0.2) is 35.1 Å². The Labute approximate surface area is 151 Å². The van der Waals surface area contributed by atoms with Crippen LogP contribution in [0.5, 0.6) is 0 Å². The molecule has 0 saturated carbocycles. The Kier molecular flexibility index (Phi) is 4.72. The molecule has 1 aliphatic rings. The summed E-state index contributed by atoms with van der Waals surface area (Å²) in [5.74, 6) is 0.792. The Morgan fingerprint density at radius 1 is 1.08 bits per heavy atom. The van der Waals surface area contributed by atoms with Crippen LogP contribution < -0.4 is 9.80 Å². The number of nitriles is 1. The molecule has 1 aromatic heterocycles. The second-order valence-electron chi connectivity index (χ2n) is 6.27. The van der Waals surface area contributed by atoms with Crippen molar-refractivity contribution in [2.24, 2.45) is 0 Å². The van der Waals surface area contributed by atoms with Crippen molar-refractivity contribution >= 4 is 27.3 Å². The molecule has 24 heavy (non-hydrogen) atoms. The van der Waals surface area contributed by atoms with Crippen LogP contribution in [0.25, 0.3) is 0 Å². The zero-order chi connectivity index (χ0) is 17.3. The summed E-state index contributed by atoms with van der Waals surface area (Å²) in [6.45, 7) is 8.16. The Morgan fingerprint density at radius 3 is 2.21 bits per heavy atom. The van der Waals surface area contributed by atoms with E-state index in [1.165, 1.54) is 0 Å². The van der Waals surface area contributed by atoms with E-state index >= 15 is 0 Å². The second-order valence-corrected chi connectivity index (χ2v) is 7.12. The van der Waals surface area contributed by atoms with Gasteiger partial charge in [0.05, 0.1) is 23.6 Å². The number of aryl methyl sites for hydroxylation is 1. The quantitative estimate of drug-likeness (QED) is 0.791. The van der Waals surface area contributed by atoms with Gasteiger partial charge in [0, 0.05) is 35.3 Å². The highest BCUT2D eigenvalue weighted by molar-refractivity contribution is 9.10. The summed E-state index contributed by atoms with van der Waals surface area (Å²) < 4.78 is 0.844. The zero-order valence-corrected chi connectivity index (χ0v) is 15.7. The fraction of sp³-hybridized carbons (Fsp3) is 0.389. The Hall–Kier alpha value is -2.13. The van der Waals surface area contributed by atoms with Crippen molar-refractivity contribution in [3.63, 3.8) is 0 Å². The molecule has 1 aliphatic heterocycles. The molecule has 0 amide bonds. The molecule has 0 N–H and O–H groups in total. The second kappa shape index (κ2) is 6.78. The Morgan fingerprint density at radius 2 is 1.67 bits per heavy atom. The summed E-state index contributed by atoms with van der Waals surface area (Å²) in [6, 6.07) is 8.82. The molecule has 1 fully saturated rings. The van der Waals surface area contributed by atoms with Crippen LogP contribution in [-0.4, -0.2) is 35.1 Å². The lowest BCUT2D eigenvalue weighted by molar-refractivity contribution is 0.480. The van der Waals surface area contributed by atoms with Crippen molar-refractivity contribution < 1.29 is 0 Å². The third kappa shape index (κ3) is 3.22. The van der Waals surface area contributed by atoms with Gasteiger partial charge in [0.1, 0.15) is 11.9 Å². The maximum atomic E-state index is 9.08. The van der Waals surface area contributed by atoms with Crippen LogP contribution in [0.1, 0.15) is 25.2 Å². The lowest BCUT2D eigenvalue weighted by Crippen LogP contribution is -2.56. The first-order valence-corrected chi connectivity index (χ1v) is 8.80. The molecule has 1 aromatic carbocycles. The zero-order valence-electron chi connectivity index (χ0n) is 14.1. The van der Waals surface area contributed by atoms with Crippen LogP contribution in [0.3, 0.4) is 0 Å². The highest BCUT2D eigenvalue weighted by Gasteiger charge is 2.29.